The maximum absolute atomic E-state index is 5.62. The molecule has 67 heavy (non-hydrogen) atoms. The zero-order valence-corrected chi connectivity index (χ0v) is 38.8. The van der Waals surface area contributed by atoms with Crippen molar-refractivity contribution in [1.29, 1.82) is 0 Å². The first-order valence-corrected chi connectivity index (χ1v) is 26.2. The molecule has 0 aromatic heterocycles. The van der Waals surface area contributed by atoms with E-state index in [1.165, 1.54) is 87.5 Å². The summed E-state index contributed by atoms with van der Waals surface area (Å²) in [5.41, 5.74) is 22.1. The molecule has 3 saturated carbocycles. The number of aliphatic imine (C=N–C) groups is 1. The van der Waals surface area contributed by atoms with E-state index in [0.717, 1.165) is 29.8 Å². The summed E-state index contributed by atoms with van der Waals surface area (Å²) in [4.78, 5) is 5.62. The van der Waals surface area contributed by atoms with Gasteiger partial charge in [0.2, 0.25) is 0 Å². The molecule has 0 saturated heterocycles. The molecule has 0 amide bonds. The topological polar surface area (TPSA) is 24.4 Å². The van der Waals surface area contributed by atoms with Gasteiger partial charge in [-0.1, -0.05) is 196 Å². The number of benzene rings is 5. The van der Waals surface area contributed by atoms with Crippen LogP contribution in [-0.4, -0.2) is 5.71 Å². The Kier molecular flexibility index (Phi) is 9.46. The van der Waals surface area contributed by atoms with E-state index in [1.807, 2.05) is 0 Å². The van der Waals surface area contributed by atoms with Gasteiger partial charge in [-0.15, -0.1) is 0 Å². The lowest BCUT2D eigenvalue weighted by atomic mass is 9.63. The first-order valence-electron chi connectivity index (χ1n) is 26.2. The second-order valence-corrected chi connectivity index (χ2v) is 21.8. The van der Waals surface area contributed by atoms with Crippen LogP contribution in [-0.2, 0) is 10.8 Å². The third kappa shape index (κ3) is 6.23. The van der Waals surface area contributed by atoms with Gasteiger partial charge in [0, 0.05) is 33.9 Å². The van der Waals surface area contributed by atoms with Crippen LogP contribution in [0.25, 0.3) is 22.4 Å². The molecule has 2 nitrogen and oxygen atoms in total. The largest absolute Gasteiger partial charge is 0.374 e. The highest BCUT2D eigenvalue weighted by atomic mass is 15.0. The first-order chi connectivity index (χ1) is 33.2. The molecule has 1 heterocycles. The first kappa shape index (κ1) is 40.1. The molecule has 14 rings (SSSR count). The number of fused-ring (bicyclic) bond motifs is 11. The summed E-state index contributed by atoms with van der Waals surface area (Å²) >= 11 is 0. The van der Waals surface area contributed by atoms with Gasteiger partial charge >= 0.3 is 0 Å². The standard InChI is InChI=1S/C65H62N2/c1-6-19-44(20-7-1)60-61(45-21-8-2-9-22-45)67-63(62(66-60)46-23-10-3-11-24-46)47-33-34-50-52(39-47)58(50)43-31-29-42(30-32-43)48-26-18-28-55-59(48)53-41-56-51(40-57(53)65(55)37-16-5-17-38-65)49-25-12-13-27-54(49)64(56)35-14-4-15-36-64/h1-3,6-13,18-26,28-29,31-34,40-42,47,50,52,54,58,61,67H,4-5,14-17,27,30,35-39H2. The Morgan fingerprint density at radius 2 is 1.34 bits per heavy atom. The molecule has 5 aromatic carbocycles. The van der Waals surface area contributed by atoms with Crippen molar-refractivity contribution in [3.63, 3.8) is 0 Å². The highest BCUT2D eigenvalue weighted by Gasteiger charge is 2.54. The molecule has 2 heteroatoms. The number of hydrogen-bond acceptors (Lipinski definition) is 2. The lowest BCUT2D eigenvalue weighted by Gasteiger charge is -2.40. The number of nitrogens with one attached hydrogen (secondary N) is 1. The summed E-state index contributed by atoms with van der Waals surface area (Å²) in [7, 11) is 0. The van der Waals surface area contributed by atoms with Gasteiger partial charge in [0.25, 0.3) is 0 Å². The third-order valence-electron chi connectivity index (χ3n) is 18.6. The number of allylic oxidation sites excluding steroid dienone is 10. The molecular formula is C65H62N2. The Morgan fingerprint density at radius 1 is 0.612 bits per heavy atom. The fourth-order valence-electron chi connectivity index (χ4n) is 15.5. The van der Waals surface area contributed by atoms with E-state index in [1.54, 1.807) is 50.1 Å². The van der Waals surface area contributed by atoms with Crippen molar-refractivity contribution < 1.29 is 0 Å². The van der Waals surface area contributed by atoms with E-state index in [9.17, 15) is 0 Å². The van der Waals surface area contributed by atoms with Gasteiger partial charge in [-0.25, -0.2) is 4.99 Å². The Bertz CT molecular complexity index is 3000. The van der Waals surface area contributed by atoms with Crippen LogP contribution in [0.1, 0.15) is 140 Å². The van der Waals surface area contributed by atoms with Gasteiger partial charge < -0.3 is 5.32 Å². The van der Waals surface area contributed by atoms with Crippen LogP contribution in [0, 0.1) is 29.6 Å². The smallest absolute Gasteiger partial charge is 0.0944 e. The molecule has 2 spiro atoms. The third-order valence-corrected chi connectivity index (χ3v) is 18.6. The van der Waals surface area contributed by atoms with Crippen LogP contribution in [0.2, 0.25) is 0 Å². The van der Waals surface area contributed by atoms with Gasteiger partial charge in [-0.3, -0.25) is 0 Å². The highest BCUT2D eigenvalue weighted by molar-refractivity contribution is 6.09. The molecule has 1 N–H and O–H groups in total. The maximum atomic E-state index is 5.62. The number of nitrogens with zero attached hydrogens (tertiary/aromatic N) is 1. The fourth-order valence-corrected chi connectivity index (χ4v) is 15.5. The lowest BCUT2D eigenvalue weighted by molar-refractivity contribution is 0.241. The monoisotopic (exact) mass is 870 g/mol. The molecule has 8 aliphatic carbocycles. The molecule has 0 radical (unpaired) electrons. The van der Waals surface area contributed by atoms with Crippen LogP contribution in [0.15, 0.2) is 186 Å². The van der Waals surface area contributed by atoms with E-state index < -0.39 is 0 Å². The predicted octanol–water partition coefficient (Wildman–Crippen LogP) is 15.7. The zero-order chi connectivity index (χ0) is 44.1. The molecule has 7 atom stereocenters. The van der Waals surface area contributed by atoms with Crippen LogP contribution in [0.4, 0.5) is 0 Å². The van der Waals surface area contributed by atoms with Crippen molar-refractivity contribution in [3.05, 3.63) is 226 Å². The predicted molar refractivity (Wildman–Crippen MR) is 277 cm³/mol. The van der Waals surface area contributed by atoms with Crippen molar-refractivity contribution in [2.75, 3.05) is 0 Å². The van der Waals surface area contributed by atoms with Gasteiger partial charge in [-0.2, -0.15) is 0 Å². The second kappa shape index (κ2) is 15.8. The van der Waals surface area contributed by atoms with Gasteiger partial charge in [-0.05, 0) is 142 Å². The van der Waals surface area contributed by atoms with E-state index >= 15 is 0 Å². The summed E-state index contributed by atoms with van der Waals surface area (Å²) in [5, 5.41) is 4.15. The van der Waals surface area contributed by atoms with E-state index in [2.05, 4.69) is 175 Å². The minimum absolute atomic E-state index is 0.0271. The summed E-state index contributed by atoms with van der Waals surface area (Å²) in [6, 6.07) is 45.6. The normalized spacial score (nSPS) is 29.0. The molecule has 332 valence electrons. The minimum Gasteiger partial charge on any atom is -0.374 e. The molecule has 5 aromatic rings. The van der Waals surface area contributed by atoms with E-state index in [-0.39, 0.29) is 17.4 Å². The van der Waals surface area contributed by atoms with Crippen molar-refractivity contribution in [2.45, 2.75) is 106 Å². The number of hydrogen-bond donors (Lipinski definition) is 1. The summed E-state index contributed by atoms with van der Waals surface area (Å²) in [6.45, 7) is 0. The maximum Gasteiger partial charge on any atom is 0.0944 e. The molecule has 1 aliphatic heterocycles. The zero-order valence-electron chi connectivity index (χ0n) is 38.8. The van der Waals surface area contributed by atoms with E-state index in [0.29, 0.717) is 35.0 Å². The molecule has 0 bridgehead atoms. The molecular weight excluding hydrogens is 809 g/mol. The summed E-state index contributed by atoms with van der Waals surface area (Å²) in [6.07, 6.45) is 37.2. The van der Waals surface area contributed by atoms with Crippen LogP contribution in [0.3, 0.4) is 0 Å². The van der Waals surface area contributed by atoms with Gasteiger partial charge in [0.15, 0.2) is 0 Å². The Labute approximate surface area is 398 Å². The summed E-state index contributed by atoms with van der Waals surface area (Å²) in [5.74, 6) is 3.18. The lowest BCUT2D eigenvalue weighted by Crippen LogP contribution is -2.35. The molecule has 7 unspecified atom stereocenters. The van der Waals surface area contributed by atoms with Crippen molar-refractivity contribution in [1.82, 2.24) is 5.32 Å². The minimum atomic E-state index is -0.0271. The van der Waals surface area contributed by atoms with Crippen LogP contribution in [0.5, 0.6) is 0 Å². The highest BCUT2D eigenvalue weighted by Crippen LogP contribution is 2.65. The van der Waals surface area contributed by atoms with E-state index in [4.69, 9.17) is 4.99 Å². The fraction of sp³-hybridized carbons (Fsp3) is 0.338. The van der Waals surface area contributed by atoms with Crippen molar-refractivity contribution in [3.8, 4) is 11.1 Å². The Balaban J connectivity index is 0.775. The molecule has 9 aliphatic rings. The van der Waals surface area contributed by atoms with Crippen molar-refractivity contribution in [2.24, 2.45) is 34.6 Å². The van der Waals surface area contributed by atoms with Crippen molar-refractivity contribution >= 4 is 17.0 Å². The number of rotatable bonds is 6. The second-order valence-electron chi connectivity index (χ2n) is 21.8. The Morgan fingerprint density at radius 3 is 2.10 bits per heavy atom. The Hall–Kier alpha value is -5.99. The van der Waals surface area contributed by atoms with Crippen LogP contribution < -0.4 is 5.32 Å². The van der Waals surface area contributed by atoms with Crippen LogP contribution >= 0.6 is 0 Å². The average Bonchev–Trinajstić information content (AvgIpc) is 4.01. The summed E-state index contributed by atoms with van der Waals surface area (Å²) < 4.78 is 0. The SMILES string of the molecule is C1=CCC2C(=C1)c1cc3c(cc1C21CCCCC1)-c1c(C2C=CC(C4C5C=CC(C6=C(c7ccccc7)N=C(c7ccccc7)C(c7ccccc7)N6)CC54)=CC2)cccc1C31CCCCC1. The molecule has 3 fully saturated rings. The van der Waals surface area contributed by atoms with Gasteiger partial charge in [0.1, 0.15) is 0 Å². The van der Waals surface area contributed by atoms with Gasteiger partial charge in [0.05, 0.1) is 17.5 Å². The quantitative estimate of drug-likeness (QED) is 0.169. The average molecular weight is 871 g/mol.